The normalized spacial score (nSPS) is 12.8. The van der Waals surface area contributed by atoms with Gasteiger partial charge in [-0.1, -0.05) is 19.1 Å². The lowest BCUT2D eigenvalue weighted by Gasteiger charge is -2.05. The zero-order chi connectivity index (χ0) is 9.68. The van der Waals surface area contributed by atoms with Gasteiger partial charge in [-0.25, -0.2) is 4.39 Å². The third-order valence-electron chi connectivity index (χ3n) is 2.10. The maximum Gasteiger partial charge on any atom is 0.123 e. The van der Waals surface area contributed by atoms with Crippen LogP contribution in [0.25, 0.3) is 0 Å². The first-order valence-electron chi connectivity index (χ1n) is 4.61. The van der Waals surface area contributed by atoms with Crippen molar-refractivity contribution in [2.24, 2.45) is 0 Å². The number of hydrogen-bond donors (Lipinski definition) is 0. The summed E-state index contributed by atoms with van der Waals surface area (Å²) in [5.74, 6) is -0.179. The van der Waals surface area contributed by atoms with E-state index in [-0.39, 0.29) is 11.2 Å². The van der Waals surface area contributed by atoms with Gasteiger partial charge in [0.15, 0.2) is 0 Å². The molecule has 2 heteroatoms. The summed E-state index contributed by atoms with van der Waals surface area (Å²) in [6.45, 7) is 2.07. The van der Waals surface area contributed by atoms with Gasteiger partial charge in [0.05, 0.1) is 0 Å². The summed E-state index contributed by atoms with van der Waals surface area (Å²) >= 11 is 5.97. The van der Waals surface area contributed by atoms with Crippen LogP contribution in [0.1, 0.15) is 25.3 Å². The van der Waals surface area contributed by atoms with Crippen molar-refractivity contribution >= 4 is 11.6 Å². The van der Waals surface area contributed by atoms with Crippen molar-refractivity contribution in [2.45, 2.75) is 31.6 Å². The predicted octanol–water partition coefficient (Wildman–Crippen LogP) is 3.78. The molecule has 0 aliphatic heterocycles. The van der Waals surface area contributed by atoms with Crippen LogP contribution in [-0.4, -0.2) is 5.38 Å². The highest BCUT2D eigenvalue weighted by molar-refractivity contribution is 6.20. The van der Waals surface area contributed by atoms with E-state index in [1.807, 2.05) is 12.1 Å². The minimum absolute atomic E-state index is 0.179. The van der Waals surface area contributed by atoms with Crippen LogP contribution in [0.15, 0.2) is 24.3 Å². The minimum atomic E-state index is -0.179. The molecule has 72 valence electrons. The fourth-order valence-corrected chi connectivity index (χ4v) is 1.29. The van der Waals surface area contributed by atoms with Gasteiger partial charge in [-0.2, -0.15) is 0 Å². The number of hydrogen-bond acceptors (Lipinski definition) is 0. The van der Waals surface area contributed by atoms with Crippen molar-refractivity contribution in [1.29, 1.82) is 0 Å². The second-order valence-corrected chi connectivity index (χ2v) is 3.79. The SMILES string of the molecule is CCC(Cl)CCc1ccc(F)cc1. The maximum absolute atomic E-state index is 12.5. The first-order valence-corrected chi connectivity index (χ1v) is 5.04. The molecule has 1 rings (SSSR count). The Hall–Kier alpha value is -0.560. The van der Waals surface area contributed by atoms with Crippen molar-refractivity contribution in [3.8, 4) is 0 Å². The summed E-state index contributed by atoms with van der Waals surface area (Å²) in [6, 6.07) is 6.61. The molecule has 0 aromatic heterocycles. The Kier molecular flexibility index (Phi) is 4.23. The zero-order valence-corrected chi connectivity index (χ0v) is 8.52. The Balaban J connectivity index is 2.41. The van der Waals surface area contributed by atoms with Crippen LogP contribution in [0.4, 0.5) is 4.39 Å². The molecule has 1 aromatic rings. The topological polar surface area (TPSA) is 0 Å². The van der Waals surface area contributed by atoms with E-state index in [0.717, 1.165) is 24.8 Å². The number of benzene rings is 1. The maximum atomic E-state index is 12.5. The van der Waals surface area contributed by atoms with E-state index >= 15 is 0 Å². The second-order valence-electron chi connectivity index (χ2n) is 3.17. The third kappa shape index (κ3) is 3.77. The molecule has 0 nitrogen and oxygen atoms in total. The lowest BCUT2D eigenvalue weighted by molar-refractivity contribution is 0.626. The van der Waals surface area contributed by atoms with E-state index < -0.39 is 0 Å². The van der Waals surface area contributed by atoms with Gasteiger partial charge in [0.25, 0.3) is 0 Å². The van der Waals surface area contributed by atoms with Gasteiger partial charge in [-0.05, 0) is 37.0 Å². The quantitative estimate of drug-likeness (QED) is 0.649. The van der Waals surface area contributed by atoms with Gasteiger partial charge >= 0.3 is 0 Å². The van der Waals surface area contributed by atoms with Crippen LogP contribution in [0, 0.1) is 5.82 Å². The molecule has 0 heterocycles. The highest BCUT2D eigenvalue weighted by atomic mass is 35.5. The van der Waals surface area contributed by atoms with E-state index in [0.29, 0.717) is 0 Å². The monoisotopic (exact) mass is 200 g/mol. The average molecular weight is 201 g/mol. The Morgan fingerprint density at radius 1 is 1.31 bits per heavy atom. The van der Waals surface area contributed by atoms with Gasteiger partial charge < -0.3 is 0 Å². The summed E-state index contributed by atoms with van der Waals surface area (Å²) in [6.07, 6.45) is 2.88. The molecular weight excluding hydrogens is 187 g/mol. The van der Waals surface area contributed by atoms with Crippen molar-refractivity contribution in [3.05, 3.63) is 35.6 Å². The first-order chi connectivity index (χ1) is 6.22. The second kappa shape index (κ2) is 5.23. The Morgan fingerprint density at radius 3 is 2.46 bits per heavy atom. The Morgan fingerprint density at radius 2 is 1.92 bits per heavy atom. The summed E-state index contributed by atoms with van der Waals surface area (Å²) in [5, 5.41) is 0.241. The molecule has 0 radical (unpaired) electrons. The van der Waals surface area contributed by atoms with Crippen molar-refractivity contribution in [3.63, 3.8) is 0 Å². The van der Waals surface area contributed by atoms with Crippen LogP contribution in [-0.2, 0) is 6.42 Å². The van der Waals surface area contributed by atoms with Gasteiger partial charge in [-0.3, -0.25) is 0 Å². The molecular formula is C11H14ClF. The summed E-state index contributed by atoms with van der Waals surface area (Å²) < 4.78 is 12.5. The minimum Gasteiger partial charge on any atom is -0.207 e. The van der Waals surface area contributed by atoms with Gasteiger partial charge in [-0.15, -0.1) is 11.6 Å². The van der Waals surface area contributed by atoms with E-state index in [1.165, 1.54) is 12.1 Å². The van der Waals surface area contributed by atoms with Crippen LogP contribution >= 0.6 is 11.6 Å². The lowest BCUT2D eigenvalue weighted by Crippen LogP contribution is -1.98. The summed E-state index contributed by atoms with van der Waals surface area (Å²) in [7, 11) is 0. The molecule has 0 N–H and O–H groups in total. The van der Waals surface area contributed by atoms with Crippen molar-refractivity contribution in [1.82, 2.24) is 0 Å². The van der Waals surface area contributed by atoms with Crippen molar-refractivity contribution in [2.75, 3.05) is 0 Å². The van der Waals surface area contributed by atoms with Gasteiger partial charge in [0, 0.05) is 5.38 Å². The molecule has 13 heavy (non-hydrogen) atoms. The highest BCUT2D eigenvalue weighted by Crippen LogP contribution is 2.12. The number of rotatable bonds is 4. The molecule has 0 saturated heterocycles. The molecule has 0 fully saturated rings. The van der Waals surface area contributed by atoms with Gasteiger partial charge in [0.2, 0.25) is 0 Å². The molecule has 0 aliphatic carbocycles. The molecule has 0 amide bonds. The van der Waals surface area contributed by atoms with E-state index in [9.17, 15) is 4.39 Å². The number of aryl methyl sites for hydroxylation is 1. The van der Waals surface area contributed by atoms with E-state index in [4.69, 9.17) is 11.6 Å². The molecule has 1 atom stereocenters. The van der Waals surface area contributed by atoms with Crippen LogP contribution in [0.5, 0.6) is 0 Å². The van der Waals surface area contributed by atoms with Crippen molar-refractivity contribution < 1.29 is 4.39 Å². The fourth-order valence-electron chi connectivity index (χ4n) is 1.18. The molecule has 0 aliphatic rings. The van der Waals surface area contributed by atoms with Crippen LogP contribution in [0.3, 0.4) is 0 Å². The first kappa shape index (κ1) is 10.5. The lowest BCUT2D eigenvalue weighted by atomic mass is 10.1. The number of halogens is 2. The zero-order valence-electron chi connectivity index (χ0n) is 7.76. The fraction of sp³-hybridized carbons (Fsp3) is 0.455. The highest BCUT2D eigenvalue weighted by Gasteiger charge is 2.01. The molecule has 0 saturated carbocycles. The third-order valence-corrected chi connectivity index (χ3v) is 2.63. The standard InChI is InChI=1S/C11H14ClF/c1-2-10(12)6-3-9-4-7-11(13)8-5-9/h4-5,7-8,10H,2-3,6H2,1H3. The van der Waals surface area contributed by atoms with Crippen LogP contribution < -0.4 is 0 Å². The molecule has 0 spiro atoms. The van der Waals surface area contributed by atoms with E-state index in [2.05, 4.69) is 6.92 Å². The molecule has 1 unspecified atom stereocenters. The van der Waals surface area contributed by atoms with Crippen LogP contribution in [0.2, 0.25) is 0 Å². The summed E-state index contributed by atoms with van der Waals surface area (Å²) in [4.78, 5) is 0. The summed E-state index contributed by atoms with van der Waals surface area (Å²) in [5.41, 5.74) is 1.15. The van der Waals surface area contributed by atoms with Gasteiger partial charge in [0.1, 0.15) is 5.82 Å². The molecule has 1 aromatic carbocycles. The Labute approximate surface area is 83.7 Å². The largest absolute Gasteiger partial charge is 0.207 e. The Bertz CT molecular complexity index is 243. The predicted molar refractivity (Wildman–Crippen MR) is 54.7 cm³/mol. The molecule has 0 bridgehead atoms. The average Bonchev–Trinajstić information content (AvgIpc) is 2.16. The number of alkyl halides is 1. The van der Waals surface area contributed by atoms with E-state index in [1.54, 1.807) is 0 Å². The smallest absolute Gasteiger partial charge is 0.123 e.